The van der Waals surface area contributed by atoms with E-state index in [2.05, 4.69) is 0 Å². The van der Waals surface area contributed by atoms with Gasteiger partial charge in [0.15, 0.2) is 0 Å². The van der Waals surface area contributed by atoms with E-state index in [9.17, 15) is 47.9 Å². The predicted octanol–water partition coefficient (Wildman–Crippen LogP) is 4.97. The lowest BCUT2D eigenvalue weighted by Crippen LogP contribution is -2.12. The predicted molar refractivity (Wildman–Crippen MR) is 86.1 cm³/mol. The Morgan fingerprint density at radius 1 is 0.893 bits per heavy atom. The summed E-state index contributed by atoms with van der Waals surface area (Å²) in [5.41, 5.74) is -7.32. The fraction of sp³-hybridized carbons (Fsp3) is 0.0769. The highest BCUT2D eigenvalue weighted by atomic mass is 35.5. The molecule has 0 aliphatic rings. The Morgan fingerprint density at radius 3 is 1.93 bits per heavy atom. The SMILES string of the molecule is O=[N+]([O-])c1cc([N+](=O)[O-])c(Nc2cc(F)c([N+](=O)[O-])cc2Cl)c(C(F)(F)F)c1. The zero-order chi connectivity index (χ0) is 21.4. The molecule has 15 heteroatoms. The van der Waals surface area contributed by atoms with Crippen molar-refractivity contribution >= 4 is 40.0 Å². The zero-order valence-electron chi connectivity index (χ0n) is 13.0. The van der Waals surface area contributed by atoms with E-state index >= 15 is 0 Å². The van der Waals surface area contributed by atoms with Crippen molar-refractivity contribution in [2.45, 2.75) is 6.18 Å². The average molecular weight is 425 g/mol. The number of benzene rings is 2. The summed E-state index contributed by atoms with van der Waals surface area (Å²) < 4.78 is 53.7. The Balaban J connectivity index is 2.74. The van der Waals surface area contributed by atoms with Gasteiger partial charge in [-0.1, -0.05) is 11.6 Å². The Morgan fingerprint density at radius 2 is 1.46 bits per heavy atom. The largest absolute Gasteiger partial charge is 0.418 e. The monoisotopic (exact) mass is 424 g/mol. The number of alkyl halides is 3. The molecule has 0 aromatic heterocycles. The summed E-state index contributed by atoms with van der Waals surface area (Å²) in [5, 5.41) is 33.9. The third kappa shape index (κ3) is 4.06. The number of non-ortho nitro benzene ring substituents is 1. The summed E-state index contributed by atoms with van der Waals surface area (Å²) in [6.45, 7) is 0. The number of rotatable bonds is 5. The van der Waals surface area contributed by atoms with Gasteiger partial charge in [-0.05, 0) is 0 Å². The molecule has 0 unspecified atom stereocenters. The molecule has 28 heavy (non-hydrogen) atoms. The van der Waals surface area contributed by atoms with Crippen molar-refractivity contribution in [3.63, 3.8) is 0 Å². The topological polar surface area (TPSA) is 141 Å². The molecule has 148 valence electrons. The van der Waals surface area contributed by atoms with Gasteiger partial charge in [-0.25, -0.2) is 0 Å². The van der Waals surface area contributed by atoms with E-state index in [0.717, 1.165) is 0 Å². The first-order chi connectivity index (χ1) is 12.8. The van der Waals surface area contributed by atoms with Crippen LogP contribution in [0.15, 0.2) is 24.3 Å². The van der Waals surface area contributed by atoms with Gasteiger partial charge in [-0.3, -0.25) is 30.3 Å². The Kier molecular flexibility index (Phi) is 5.36. The molecule has 1 N–H and O–H groups in total. The van der Waals surface area contributed by atoms with Crippen molar-refractivity contribution < 1.29 is 32.3 Å². The van der Waals surface area contributed by atoms with Crippen LogP contribution in [0.25, 0.3) is 0 Å². The molecular formula is C13H5ClF4N4O6. The molecule has 2 rings (SSSR count). The van der Waals surface area contributed by atoms with Crippen molar-refractivity contribution in [1.29, 1.82) is 0 Å². The highest BCUT2D eigenvalue weighted by Gasteiger charge is 2.40. The summed E-state index contributed by atoms with van der Waals surface area (Å²) in [4.78, 5) is 28.9. The molecule has 0 fully saturated rings. The first-order valence-electron chi connectivity index (χ1n) is 6.77. The van der Waals surface area contributed by atoms with Crippen LogP contribution >= 0.6 is 11.6 Å². The average Bonchev–Trinajstić information content (AvgIpc) is 2.56. The molecule has 0 aliphatic heterocycles. The number of hydrogen-bond donors (Lipinski definition) is 1. The molecule has 0 radical (unpaired) electrons. The summed E-state index contributed by atoms with van der Waals surface area (Å²) in [6.07, 6.45) is -5.27. The molecule has 0 amide bonds. The maximum atomic E-state index is 13.8. The number of nitrogens with one attached hydrogen (secondary N) is 1. The van der Waals surface area contributed by atoms with Crippen LogP contribution in [-0.2, 0) is 6.18 Å². The van der Waals surface area contributed by atoms with Crippen LogP contribution in [0.1, 0.15) is 5.56 Å². The molecule has 0 aliphatic carbocycles. The fourth-order valence-electron chi connectivity index (χ4n) is 2.12. The number of hydrogen-bond acceptors (Lipinski definition) is 7. The Labute approximate surface area is 155 Å². The van der Waals surface area contributed by atoms with Crippen LogP contribution in [0, 0.1) is 36.2 Å². The summed E-state index contributed by atoms with van der Waals surface area (Å²) in [7, 11) is 0. The van der Waals surface area contributed by atoms with Gasteiger partial charge in [-0.15, -0.1) is 0 Å². The minimum absolute atomic E-state index is 0.0466. The zero-order valence-corrected chi connectivity index (χ0v) is 13.7. The molecule has 0 atom stereocenters. The molecule has 0 saturated carbocycles. The molecule has 0 spiro atoms. The van der Waals surface area contributed by atoms with E-state index in [-0.39, 0.29) is 12.1 Å². The summed E-state index contributed by atoms with van der Waals surface area (Å²) >= 11 is 5.68. The van der Waals surface area contributed by atoms with E-state index in [0.29, 0.717) is 12.1 Å². The summed E-state index contributed by atoms with van der Waals surface area (Å²) in [5.74, 6) is -1.48. The van der Waals surface area contributed by atoms with Gasteiger partial charge < -0.3 is 5.32 Å². The first-order valence-corrected chi connectivity index (χ1v) is 7.15. The Bertz CT molecular complexity index is 1010. The van der Waals surface area contributed by atoms with Crippen molar-refractivity contribution in [3.05, 3.63) is 71.0 Å². The smallest absolute Gasteiger partial charge is 0.348 e. The van der Waals surface area contributed by atoms with Gasteiger partial charge in [0.2, 0.25) is 5.82 Å². The molecule has 10 nitrogen and oxygen atoms in total. The standard InChI is InChI=1S/C13H5ClF4N4O6/c14-7-3-10(21(25)26)8(15)4-9(7)19-12-6(13(16,17)18)1-5(20(23)24)2-11(12)22(27)28/h1-4,19H. The normalized spacial score (nSPS) is 11.2. The molecule has 2 aromatic rings. The molecule has 0 bridgehead atoms. The molecule has 0 saturated heterocycles. The van der Waals surface area contributed by atoms with Crippen LogP contribution in [0.4, 0.5) is 46.0 Å². The lowest BCUT2D eigenvalue weighted by Gasteiger charge is -2.15. The second kappa shape index (κ2) is 7.22. The van der Waals surface area contributed by atoms with Gasteiger partial charge in [0.05, 0.1) is 37.1 Å². The minimum Gasteiger partial charge on any atom is -0.348 e. The maximum absolute atomic E-state index is 13.8. The fourth-order valence-corrected chi connectivity index (χ4v) is 2.33. The van der Waals surface area contributed by atoms with Crippen LogP contribution in [0.2, 0.25) is 5.02 Å². The van der Waals surface area contributed by atoms with Crippen molar-refractivity contribution in [2.24, 2.45) is 0 Å². The second-order valence-corrected chi connectivity index (χ2v) is 5.47. The molecule has 2 aromatic carbocycles. The maximum Gasteiger partial charge on any atom is 0.418 e. The minimum atomic E-state index is -5.27. The number of anilines is 2. The quantitative estimate of drug-likeness (QED) is 0.405. The first kappa shape index (κ1) is 20.8. The molecular weight excluding hydrogens is 420 g/mol. The van der Waals surface area contributed by atoms with Crippen molar-refractivity contribution in [2.75, 3.05) is 5.32 Å². The lowest BCUT2D eigenvalue weighted by atomic mass is 10.1. The molecule has 0 heterocycles. The lowest BCUT2D eigenvalue weighted by molar-refractivity contribution is -0.394. The van der Waals surface area contributed by atoms with Crippen LogP contribution in [0.3, 0.4) is 0 Å². The van der Waals surface area contributed by atoms with E-state index in [4.69, 9.17) is 11.6 Å². The van der Waals surface area contributed by atoms with E-state index in [1.807, 2.05) is 5.32 Å². The van der Waals surface area contributed by atoms with Crippen LogP contribution in [-0.4, -0.2) is 14.8 Å². The third-order valence-corrected chi connectivity index (χ3v) is 3.62. The second-order valence-electron chi connectivity index (χ2n) is 5.07. The van der Waals surface area contributed by atoms with Crippen LogP contribution < -0.4 is 5.32 Å². The highest BCUT2D eigenvalue weighted by molar-refractivity contribution is 6.33. The summed E-state index contributed by atoms with van der Waals surface area (Å²) in [6, 6.07) is 1.17. The van der Waals surface area contributed by atoms with Gasteiger partial charge in [-0.2, -0.15) is 17.6 Å². The highest BCUT2D eigenvalue weighted by Crippen LogP contribution is 2.44. The van der Waals surface area contributed by atoms with E-state index < -0.39 is 65.8 Å². The van der Waals surface area contributed by atoms with Gasteiger partial charge in [0.25, 0.3) is 11.4 Å². The number of halogens is 5. The van der Waals surface area contributed by atoms with E-state index in [1.165, 1.54) is 0 Å². The van der Waals surface area contributed by atoms with Crippen molar-refractivity contribution in [1.82, 2.24) is 0 Å². The van der Waals surface area contributed by atoms with E-state index in [1.54, 1.807) is 0 Å². The Hall–Kier alpha value is -3.55. The van der Waals surface area contributed by atoms with Gasteiger partial charge >= 0.3 is 11.9 Å². The van der Waals surface area contributed by atoms with Crippen molar-refractivity contribution in [3.8, 4) is 0 Å². The number of nitrogens with zero attached hydrogens (tertiary/aromatic N) is 3. The van der Waals surface area contributed by atoms with Gasteiger partial charge in [0.1, 0.15) is 5.69 Å². The third-order valence-electron chi connectivity index (χ3n) is 3.31. The van der Waals surface area contributed by atoms with Crippen LogP contribution in [0.5, 0.6) is 0 Å². The number of nitro groups is 3. The van der Waals surface area contributed by atoms with Gasteiger partial charge in [0, 0.05) is 18.2 Å². The number of nitro benzene ring substituents is 3.